The number of hydrogen-bond acceptors (Lipinski definition) is 3. The van der Waals surface area contributed by atoms with Crippen molar-refractivity contribution in [2.75, 3.05) is 36.4 Å². The zero-order chi connectivity index (χ0) is 19.4. The van der Waals surface area contributed by atoms with Gasteiger partial charge in [0, 0.05) is 37.6 Å². The van der Waals surface area contributed by atoms with Crippen LogP contribution in [0.25, 0.3) is 0 Å². The van der Waals surface area contributed by atoms with Crippen molar-refractivity contribution >= 4 is 17.3 Å². The van der Waals surface area contributed by atoms with Gasteiger partial charge in [-0.2, -0.15) is 0 Å². The summed E-state index contributed by atoms with van der Waals surface area (Å²) in [6.07, 6.45) is 0. The predicted molar refractivity (Wildman–Crippen MR) is 109 cm³/mol. The molecular weight excluding hydrogens is 341 g/mol. The molecule has 5 heteroatoms. The van der Waals surface area contributed by atoms with E-state index in [2.05, 4.69) is 41.1 Å². The van der Waals surface area contributed by atoms with Crippen LogP contribution in [0.15, 0.2) is 48.5 Å². The Balaban J connectivity index is 1.53. The molecule has 0 aromatic heterocycles. The molecule has 144 valence electrons. The fourth-order valence-corrected chi connectivity index (χ4v) is 3.38. The van der Waals surface area contributed by atoms with E-state index in [1.165, 1.54) is 17.7 Å². The SMILES string of the molecule is CC(C)c1ccc(NC(=O)[C@H](C)N2CCN(c3ccc(F)cc3)CC2)cc1. The van der Waals surface area contributed by atoms with E-state index in [0.29, 0.717) is 5.92 Å². The van der Waals surface area contributed by atoms with Gasteiger partial charge in [-0.15, -0.1) is 0 Å². The Morgan fingerprint density at radius 1 is 0.926 bits per heavy atom. The van der Waals surface area contributed by atoms with E-state index in [-0.39, 0.29) is 17.8 Å². The Morgan fingerprint density at radius 3 is 2.07 bits per heavy atom. The molecule has 0 bridgehead atoms. The number of amides is 1. The molecule has 27 heavy (non-hydrogen) atoms. The summed E-state index contributed by atoms with van der Waals surface area (Å²) in [5.74, 6) is 0.276. The van der Waals surface area contributed by atoms with Crippen molar-refractivity contribution in [1.29, 1.82) is 0 Å². The summed E-state index contributed by atoms with van der Waals surface area (Å²) in [5.41, 5.74) is 3.12. The Labute approximate surface area is 161 Å². The van der Waals surface area contributed by atoms with E-state index in [1.54, 1.807) is 0 Å². The maximum atomic E-state index is 13.1. The Morgan fingerprint density at radius 2 is 1.52 bits per heavy atom. The molecule has 0 radical (unpaired) electrons. The van der Waals surface area contributed by atoms with Gasteiger partial charge in [0.05, 0.1) is 6.04 Å². The van der Waals surface area contributed by atoms with Crippen molar-refractivity contribution < 1.29 is 9.18 Å². The number of carbonyl (C=O) groups is 1. The lowest BCUT2D eigenvalue weighted by atomic mass is 10.0. The van der Waals surface area contributed by atoms with Gasteiger partial charge in [0.15, 0.2) is 0 Å². The van der Waals surface area contributed by atoms with Crippen molar-refractivity contribution in [3.8, 4) is 0 Å². The Bertz CT molecular complexity index is 750. The highest BCUT2D eigenvalue weighted by Gasteiger charge is 2.25. The standard InChI is InChI=1S/C22H28FN3O/c1-16(2)18-4-8-20(9-5-18)24-22(27)17(3)25-12-14-26(15-13-25)21-10-6-19(23)7-11-21/h4-11,16-17H,12-15H2,1-3H3,(H,24,27)/t17-/m0/s1. The number of nitrogens with zero attached hydrogens (tertiary/aromatic N) is 2. The van der Waals surface area contributed by atoms with Crippen LogP contribution in [0.1, 0.15) is 32.3 Å². The van der Waals surface area contributed by atoms with Crippen LogP contribution in [0.3, 0.4) is 0 Å². The molecule has 0 aliphatic carbocycles. The van der Waals surface area contributed by atoms with Crippen LogP contribution in [0.2, 0.25) is 0 Å². The normalized spacial score (nSPS) is 16.4. The third kappa shape index (κ3) is 4.86. The van der Waals surface area contributed by atoms with Crippen molar-refractivity contribution in [3.05, 3.63) is 59.9 Å². The second-order valence-electron chi connectivity index (χ2n) is 7.44. The summed E-state index contributed by atoms with van der Waals surface area (Å²) in [6, 6.07) is 14.5. The van der Waals surface area contributed by atoms with Crippen LogP contribution in [0, 0.1) is 5.82 Å². The molecule has 1 aliphatic heterocycles. The number of piperazine rings is 1. The fraction of sp³-hybridized carbons (Fsp3) is 0.409. The molecule has 1 atom stereocenters. The first-order chi connectivity index (χ1) is 12.9. The maximum absolute atomic E-state index is 13.1. The molecule has 4 nitrogen and oxygen atoms in total. The highest BCUT2D eigenvalue weighted by molar-refractivity contribution is 5.94. The van der Waals surface area contributed by atoms with Gasteiger partial charge >= 0.3 is 0 Å². The molecule has 2 aromatic rings. The van der Waals surface area contributed by atoms with Gasteiger partial charge in [0.1, 0.15) is 5.82 Å². The molecule has 1 saturated heterocycles. The molecule has 1 fully saturated rings. The van der Waals surface area contributed by atoms with Gasteiger partial charge in [-0.25, -0.2) is 4.39 Å². The van der Waals surface area contributed by atoms with Crippen molar-refractivity contribution in [2.45, 2.75) is 32.7 Å². The summed E-state index contributed by atoms with van der Waals surface area (Å²) in [6.45, 7) is 9.52. The number of halogens is 1. The second kappa shape index (κ2) is 8.53. The minimum absolute atomic E-state index is 0.0162. The smallest absolute Gasteiger partial charge is 0.241 e. The lowest BCUT2D eigenvalue weighted by Crippen LogP contribution is -2.52. The zero-order valence-electron chi connectivity index (χ0n) is 16.3. The van der Waals surface area contributed by atoms with Gasteiger partial charge in [0.25, 0.3) is 0 Å². The highest BCUT2D eigenvalue weighted by atomic mass is 19.1. The van der Waals surface area contributed by atoms with Crippen LogP contribution in [-0.4, -0.2) is 43.0 Å². The average Bonchev–Trinajstić information content (AvgIpc) is 2.68. The summed E-state index contributed by atoms with van der Waals surface area (Å²) < 4.78 is 13.1. The highest BCUT2D eigenvalue weighted by Crippen LogP contribution is 2.19. The minimum Gasteiger partial charge on any atom is -0.369 e. The number of hydrogen-bond donors (Lipinski definition) is 1. The van der Waals surface area contributed by atoms with Gasteiger partial charge in [-0.05, 0) is 54.8 Å². The molecule has 0 spiro atoms. The fourth-order valence-electron chi connectivity index (χ4n) is 3.38. The lowest BCUT2D eigenvalue weighted by molar-refractivity contribution is -0.120. The number of rotatable bonds is 5. The molecule has 1 amide bonds. The number of benzene rings is 2. The van der Waals surface area contributed by atoms with E-state index in [4.69, 9.17) is 0 Å². The van der Waals surface area contributed by atoms with Crippen LogP contribution in [0.4, 0.5) is 15.8 Å². The molecular formula is C22H28FN3O. The molecule has 1 heterocycles. The summed E-state index contributed by atoms with van der Waals surface area (Å²) >= 11 is 0. The van der Waals surface area contributed by atoms with Crippen LogP contribution in [-0.2, 0) is 4.79 Å². The topological polar surface area (TPSA) is 35.6 Å². The monoisotopic (exact) mass is 369 g/mol. The third-order valence-corrected chi connectivity index (χ3v) is 5.28. The number of nitrogens with one attached hydrogen (secondary N) is 1. The van der Waals surface area contributed by atoms with E-state index in [0.717, 1.165) is 37.6 Å². The van der Waals surface area contributed by atoms with Crippen molar-refractivity contribution in [2.24, 2.45) is 0 Å². The quantitative estimate of drug-likeness (QED) is 0.862. The Hall–Kier alpha value is -2.40. The van der Waals surface area contributed by atoms with Gasteiger partial charge in [-0.1, -0.05) is 26.0 Å². The molecule has 1 N–H and O–H groups in total. The van der Waals surface area contributed by atoms with Crippen molar-refractivity contribution in [3.63, 3.8) is 0 Å². The average molecular weight is 369 g/mol. The first-order valence-corrected chi connectivity index (χ1v) is 9.59. The summed E-state index contributed by atoms with van der Waals surface area (Å²) in [4.78, 5) is 17.0. The number of anilines is 2. The maximum Gasteiger partial charge on any atom is 0.241 e. The van der Waals surface area contributed by atoms with Crippen LogP contribution >= 0.6 is 0 Å². The second-order valence-corrected chi connectivity index (χ2v) is 7.44. The largest absolute Gasteiger partial charge is 0.369 e. The van der Waals surface area contributed by atoms with Gasteiger partial charge in [-0.3, -0.25) is 9.69 Å². The molecule has 3 rings (SSSR count). The molecule has 0 unspecified atom stereocenters. The van der Waals surface area contributed by atoms with E-state index in [1.807, 2.05) is 31.2 Å². The predicted octanol–water partition coefficient (Wildman–Crippen LogP) is 4.10. The first-order valence-electron chi connectivity index (χ1n) is 9.59. The van der Waals surface area contributed by atoms with Gasteiger partial charge in [0.2, 0.25) is 5.91 Å². The minimum atomic E-state index is -0.218. The van der Waals surface area contributed by atoms with Crippen molar-refractivity contribution in [1.82, 2.24) is 4.90 Å². The molecule has 0 saturated carbocycles. The molecule has 1 aliphatic rings. The van der Waals surface area contributed by atoms with Crippen LogP contribution in [0.5, 0.6) is 0 Å². The summed E-state index contributed by atoms with van der Waals surface area (Å²) in [7, 11) is 0. The summed E-state index contributed by atoms with van der Waals surface area (Å²) in [5, 5.41) is 3.02. The first kappa shape index (κ1) is 19.4. The third-order valence-electron chi connectivity index (χ3n) is 5.28. The van der Waals surface area contributed by atoms with E-state index in [9.17, 15) is 9.18 Å². The molecule has 2 aromatic carbocycles. The number of carbonyl (C=O) groups excluding carboxylic acids is 1. The zero-order valence-corrected chi connectivity index (χ0v) is 16.3. The lowest BCUT2D eigenvalue weighted by Gasteiger charge is -2.38. The van der Waals surface area contributed by atoms with Crippen LogP contribution < -0.4 is 10.2 Å². The Kier molecular flexibility index (Phi) is 6.11. The van der Waals surface area contributed by atoms with Gasteiger partial charge < -0.3 is 10.2 Å². The van der Waals surface area contributed by atoms with E-state index < -0.39 is 0 Å². The van der Waals surface area contributed by atoms with E-state index >= 15 is 0 Å².